The molecule has 2 aromatic rings. The van der Waals surface area contributed by atoms with E-state index in [-0.39, 0.29) is 5.97 Å². The molecule has 0 aromatic heterocycles. The average molecular weight is 321 g/mol. The molecule has 1 fully saturated rings. The van der Waals surface area contributed by atoms with Gasteiger partial charge in [0.05, 0.1) is 12.3 Å². The van der Waals surface area contributed by atoms with E-state index in [9.17, 15) is 4.79 Å². The maximum Gasteiger partial charge on any atom is 0.332 e. The first kappa shape index (κ1) is 16.3. The second-order valence-electron chi connectivity index (χ2n) is 5.99. The van der Waals surface area contributed by atoms with Crippen molar-refractivity contribution in [2.24, 2.45) is 0 Å². The van der Waals surface area contributed by atoms with Crippen LogP contribution < -0.4 is 0 Å². The lowest BCUT2D eigenvalue weighted by Gasteiger charge is -2.21. The van der Waals surface area contributed by atoms with E-state index in [1.165, 1.54) is 18.4 Å². The third-order valence-corrected chi connectivity index (χ3v) is 4.25. The maximum absolute atomic E-state index is 12.2. The number of hydrogen-bond donors (Lipinski definition) is 0. The molecular weight excluding hydrogens is 298 g/mol. The highest BCUT2D eigenvalue weighted by atomic mass is 16.5. The van der Waals surface area contributed by atoms with E-state index >= 15 is 0 Å². The molecule has 0 N–H and O–H groups in total. The van der Waals surface area contributed by atoms with Gasteiger partial charge in [-0.2, -0.15) is 0 Å². The van der Waals surface area contributed by atoms with Crippen LogP contribution >= 0.6 is 0 Å². The summed E-state index contributed by atoms with van der Waals surface area (Å²) in [7, 11) is 0. The predicted octanol–water partition coefficient (Wildman–Crippen LogP) is 3.91. The first-order valence-corrected chi connectivity index (χ1v) is 8.56. The fourth-order valence-electron chi connectivity index (χ4n) is 2.99. The van der Waals surface area contributed by atoms with Crippen LogP contribution in [0.4, 0.5) is 0 Å². The lowest BCUT2D eigenvalue weighted by Crippen LogP contribution is -2.19. The molecular formula is C21H23NO2. The summed E-state index contributed by atoms with van der Waals surface area (Å²) in [6, 6.07) is 20.1. The molecule has 0 radical (unpaired) electrons. The third-order valence-electron chi connectivity index (χ3n) is 4.25. The van der Waals surface area contributed by atoms with Gasteiger partial charge in [-0.3, -0.25) is 0 Å². The molecule has 3 heteroatoms. The second kappa shape index (κ2) is 8.34. The summed E-state index contributed by atoms with van der Waals surface area (Å²) < 4.78 is 5.42. The van der Waals surface area contributed by atoms with Gasteiger partial charge in [0, 0.05) is 25.6 Å². The fourth-order valence-corrected chi connectivity index (χ4v) is 2.99. The van der Waals surface area contributed by atoms with Crippen molar-refractivity contribution in [3.05, 3.63) is 77.9 Å². The van der Waals surface area contributed by atoms with Crippen LogP contribution in [0.1, 0.15) is 24.0 Å². The van der Waals surface area contributed by atoms with Crippen LogP contribution in [0.3, 0.4) is 0 Å². The summed E-state index contributed by atoms with van der Waals surface area (Å²) in [6.45, 7) is 2.40. The van der Waals surface area contributed by atoms with Crippen molar-refractivity contribution in [1.29, 1.82) is 0 Å². The molecule has 1 heterocycles. The number of likely N-dealkylation sites (tertiary alicyclic amines) is 1. The highest BCUT2D eigenvalue weighted by Crippen LogP contribution is 2.23. The van der Waals surface area contributed by atoms with Gasteiger partial charge in [-0.05, 0) is 24.0 Å². The van der Waals surface area contributed by atoms with Crippen LogP contribution in [-0.2, 0) is 16.0 Å². The molecule has 2 aromatic carbocycles. The monoisotopic (exact) mass is 321 g/mol. The van der Waals surface area contributed by atoms with Crippen molar-refractivity contribution in [3.8, 4) is 0 Å². The van der Waals surface area contributed by atoms with E-state index in [1.54, 1.807) is 6.08 Å². The van der Waals surface area contributed by atoms with E-state index < -0.39 is 0 Å². The van der Waals surface area contributed by atoms with E-state index in [0.717, 1.165) is 30.8 Å². The van der Waals surface area contributed by atoms with Crippen molar-refractivity contribution in [2.45, 2.75) is 19.3 Å². The number of rotatable bonds is 6. The minimum Gasteiger partial charge on any atom is -0.462 e. The second-order valence-corrected chi connectivity index (χ2v) is 5.99. The van der Waals surface area contributed by atoms with Gasteiger partial charge in [-0.1, -0.05) is 60.7 Å². The number of carbonyl (C=O) groups is 1. The lowest BCUT2D eigenvalue weighted by atomic mass is 10.1. The van der Waals surface area contributed by atoms with Crippen molar-refractivity contribution in [2.75, 3.05) is 19.7 Å². The van der Waals surface area contributed by atoms with Crippen LogP contribution in [0.15, 0.2) is 66.7 Å². The highest BCUT2D eigenvalue weighted by molar-refractivity contribution is 5.91. The smallest absolute Gasteiger partial charge is 0.332 e. The topological polar surface area (TPSA) is 29.5 Å². The number of hydrogen-bond acceptors (Lipinski definition) is 3. The largest absolute Gasteiger partial charge is 0.462 e. The molecule has 0 unspecified atom stereocenters. The van der Waals surface area contributed by atoms with Crippen molar-refractivity contribution in [3.63, 3.8) is 0 Å². The lowest BCUT2D eigenvalue weighted by molar-refractivity contribution is -0.137. The third kappa shape index (κ3) is 4.48. The molecule has 0 saturated carbocycles. The zero-order valence-electron chi connectivity index (χ0n) is 13.9. The van der Waals surface area contributed by atoms with E-state index in [4.69, 9.17) is 4.74 Å². The van der Waals surface area contributed by atoms with Crippen LogP contribution in [0.5, 0.6) is 0 Å². The van der Waals surface area contributed by atoms with Crippen molar-refractivity contribution < 1.29 is 9.53 Å². The Labute approximate surface area is 143 Å². The molecule has 0 amide bonds. The van der Waals surface area contributed by atoms with Crippen LogP contribution in [-0.4, -0.2) is 30.6 Å². The zero-order chi connectivity index (χ0) is 16.6. The molecule has 1 aliphatic rings. The minimum atomic E-state index is -0.267. The fraction of sp³-hybridized carbons (Fsp3) is 0.286. The Morgan fingerprint density at radius 2 is 1.58 bits per heavy atom. The van der Waals surface area contributed by atoms with Gasteiger partial charge < -0.3 is 9.64 Å². The molecule has 0 bridgehead atoms. The first-order chi connectivity index (χ1) is 11.8. The molecule has 1 saturated heterocycles. The van der Waals surface area contributed by atoms with Gasteiger partial charge >= 0.3 is 5.97 Å². The summed E-state index contributed by atoms with van der Waals surface area (Å²) in [6.07, 6.45) is 4.73. The number of ether oxygens (including phenoxy) is 1. The molecule has 3 rings (SSSR count). The Morgan fingerprint density at radius 1 is 0.958 bits per heavy atom. The van der Waals surface area contributed by atoms with E-state index in [0.29, 0.717) is 6.61 Å². The minimum absolute atomic E-state index is 0.267. The molecule has 124 valence electrons. The van der Waals surface area contributed by atoms with Gasteiger partial charge in [0.25, 0.3) is 0 Å². The van der Waals surface area contributed by atoms with Gasteiger partial charge in [0.1, 0.15) is 0 Å². The Bertz CT molecular complexity index is 673. The summed E-state index contributed by atoms with van der Waals surface area (Å²) in [5.74, 6) is -0.267. The summed E-state index contributed by atoms with van der Waals surface area (Å²) in [5, 5.41) is 0. The van der Waals surface area contributed by atoms with Crippen LogP contribution in [0, 0.1) is 0 Å². The Morgan fingerprint density at radius 3 is 2.25 bits per heavy atom. The van der Waals surface area contributed by atoms with Gasteiger partial charge in [-0.15, -0.1) is 0 Å². The van der Waals surface area contributed by atoms with E-state index in [2.05, 4.69) is 4.90 Å². The summed E-state index contributed by atoms with van der Waals surface area (Å²) >= 11 is 0. The molecule has 3 nitrogen and oxygen atoms in total. The van der Waals surface area contributed by atoms with Crippen molar-refractivity contribution >= 4 is 11.7 Å². The average Bonchev–Trinajstić information content (AvgIpc) is 3.16. The summed E-state index contributed by atoms with van der Waals surface area (Å²) in [4.78, 5) is 14.5. The number of benzene rings is 2. The maximum atomic E-state index is 12.2. The van der Waals surface area contributed by atoms with Gasteiger partial charge in [-0.25, -0.2) is 4.79 Å². The zero-order valence-corrected chi connectivity index (χ0v) is 13.9. The molecule has 0 aliphatic carbocycles. The molecule has 0 spiro atoms. The number of carbonyl (C=O) groups excluding carboxylic acids is 1. The van der Waals surface area contributed by atoms with Crippen molar-refractivity contribution in [1.82, 2.24) is 4.90 Å². The standard InChI is InChI=1S/C21H23NO2/c23-21(24-16-13-18-9-3-1-4-10-18)17-20(22-14-7-8-15-22)19-11-5-2-6-12-19/h1-6,9-12,17H,7-8,13-16H2/b20-17-. The first-order valence-electron chi connectivity index (χ1n) is 8.56. The highest BCUT2D eigenvalue weighted by Gasteiger charge is 2.17. The van der Waals surface area contributed by atoms with Gasteiger partial charge in [0.2, 0.25) is 0 Å². The van der Waals surface area contributed by atoms with E-state index in [1.807, 2.05) is 60.7 Å². The summed E-state index contributed by atoms with van der Waals surface area (Å²) in [5.41, 5.74) is 3.22. The predicted molar refractivity (Wildman–Crippen MR) is 96.3 cm³/mol. The molecule has 24 heavy (non-hydrogen) atoms. The number of esters is 1. The van der Waals surface area contributed by atoms with Crippen LogP contribution in [0.25, 0.3) is 5.70 Å². The Hall–Kier alpha value is -2.55. The molecule has 1 aliphatic heterocycles. The van der Waals surface area contributed by atoms with Crippen LogP contribution in [0.2, 0.25) is 0 Å². The SMILES string of the molecule is O=C(/C=C(/c1ccccc1)N1CCCC1)OCCc1ccccc1. The quantitative estimate of drug-likeness (QED) is 0.597. The Kier molecular flexibility index (Phi) is 5.67. The number of nitrogens with zero attached hydrogens (tertiary/aromatic N) is 1. The Balaban J connectivity index is 1.64. The normalized spacial score (nSPS) is 14.7. The molecule has 0 atom stereocenters. The van der Waals surface area contributed by atoms with Gasteiger partial charge in [0.15, 0.2) is 0 Å².